The summed E-state index contributed by atoms with van der Waals surface area (Å²) in [4.78, 5) is 11.1. The number of ether oxygens (including phenoxy) is 1. The van der Waals surface area contributed by atoms with Gasteiger partial charge in [0.15, 0.2) is 0 Å². The second-order valence-corrected chi connectivity index (χ2v) is 6.69. The van der Waals surface area contributed by atoms with E-state index in [1.165, 1.54) is 0 Å². The molecule has 1 aliphatic rings. The molecular formula is C23H34O3. The van der Waals surface area contributed by atoms with E-state index in [2.05, 4.69) is 50.3 Å². The van der Waals surface area contributed by atoms with E-state index in [0.717, 1.165) is 32.1 Å². The monoisotopic (exact) mass is 358 g/mol. The Balaban J connectivity index is 2.07. The van der Waals surface area contributed by atoms with Crippen molar-refractivity contribution in [1.82, 2.24) is 0 Å². The molecule has 1 heterocycles. The van der Waals surface area contributed by atoms with Crippen LogP contribution in [-0.2, 0) is 9.53 Å². The second-order valence-electron chi connectivity index (χ2n) is 6.69. The molecule has 0 saturated carbocycles. The standard InChI is InChI=1S/C23H34O3/c1-3-4-12-16-21(24)17-14-11-9-7-5-6-8-10-13-15-20(2)22-18-19-23(25)26-22/h4-6,9-14,17,20-22,24H,3,7-8,15-16,18-19H2,1-2H3/b6-5-,11-9-,12-4-,13-10-,17-14+/t20?,21-,22?/m0/s1. The van der Waals surface area contributed by atoms with Crippen LogP contribution in [0.5, 0.6) is 0 Å². The number of aliphatic hydroxyl groups is 1. The maximum atomic E-state index is 11.1. The number of carbonyl (C=O) groups is 1. The van der Waals surface area contributed by atoms with Gasteiger partial charge in [0.05, 0.1) is 6.10 Å². The number of rotatable bonds is 12. The Morgan fingerprint density at radius 1 is 1.04 bits per heavy atom. The quantitative estimate of drug-likeness (QED) is 0.287. The summed E-state index contributed by atoms with van der Waals surface area (Å²) in [5.41, 5.74) is 0. The highest BCUT2D eigenvalue weighted by Gasteiger charge is 2.27. The van der Waals surface area contributed by atoms with E-state index in [4.69, 9.17) is 4.74 Å². The number of aliphatic hydroxyl groups excluding tert-OH is 1. The van der Waals surface area contributed by atoms with E-state index in [-0.39, 0.29) is 12.1 Å². The smallest absolute Gasteiger partial charge is 0.306 e. The Morgan fingerprint density at radius 3 is 2.42 bits per heavy atom. The normalized spacial score (nSPS) is 21.0. The predicted octanol–water partition coefficient (Wildman–Crippen LogP) is 5.44. The molecule has 3 atom stereocenters. The van der Waals surface area contributed by atoms with Crippen LogP contribution >= 0.6 is 0 Å². The van der Waals surface area contributed by atoms with Gasteiger partial charge in [0.25, 0.3) is 0 Å². The minimum atomic E-state index is -0.404. The highest BCUT2D eigenvalue weighted by molar-refractivity contribution is 5.71. The molecular weight excluding hydrogens is 324 g/mol. The summed E-state index contributed by atoms with van der Waals surface area (Å²) < 4.78 is 5.29. The SMILES string of the molecule is CC/C=C\C[C@H](O)/C=C/C=C\C/C=C\C/C=C\CC(C)C1CCC(=O)O1. The highest BCUT2D eigenvalue weighted by Crippen LogP contribution is 2.23. The van der Waals surface area contributed by atoms with E-state index in [1.807, 2.05) is 24.3 Å². The summed E-state index contributed by atoms with van der Waals surface area (Å²) in [6.45, 7) is 4.22. The molecule has 0 radical (unpaired) electrons. The molecule has 144 valence electrons. The third-order valence-electron chi connectivity index (χ3n) is 4.30. The van der Waals surface area contributed by atoms with Crippen molar-refractivity contribution in [1.29, 1.82) is 0 Å². The lowest BCUT2D eigenvalue weighted by Gasteiger charge is -2.15. The average molecular weight is 359 g/mol. The molecule has 3 nitrogen and oxygen atoms in total. The van der Waals surface area contributed by atoms with E-state index in [0.29, 0.717) is 18.8 Å². The fourth-order valence-corrected chi connectivity index (χ4v) is 2.69. The molecule has 1 aliphatic heterocycles. The minimum absolute atomic E-state index is 0.0560. The van der Waals surface area contributed by atoms with Crippen molar-refractivity contribution in [2.45, 2.75) is 71.0 Å². The zero-order valence-corrected chi connectivity index (χ0v) is 16.2. The molecule has 0 amide bonds. The second kappa shape index (κ2) is 14.3. The number of esters is 1. The van der Waals surface area contributed by atoms with Crippen molar-refractivity contribution in [2.75, 3.05) is 0 Å². The van der Waals surface area contributed by atoms with Gasteiger partial charge in [-0.15, -0.1) is 0 Å². The molecule has 0 aromatic heterocycles. The molecule has 0 aliphatic carbocycles. The third kappa shape index (κ3) is 10.9. The Morgan fingerprint density at radius 2 is 1.73 bits per heavy atom. The Labute approximate surface area is 158 Å². The number of allylic oxidation sites excluding steroid dienone is 8. The van der Waals surface area contributed by atoms with Crippen LogP contribution < -0.4 is 0 Å². The molecule has 0 aromatic rings. The van der Waals surface area contributed by atoms with Crippen LogP contribution in [0.15, 0.2) is 60.8 Å². The van der Waals surface area contributed by atoms with Crippen LogP contribution in [0.1, 0.15) is 58.8 Å². The van der Waals surface area contributed by atoms with E-state index in [9.17, 15) is 9.90 Å². The average Bonchev–Trinajstić information content (AvgIpc) is 3.06. The summed E-state index contributed by atoms with van der Waals surface area (Å²) in [6.07, 6.45) is 26.0. The summed E-state index contributed by atoms with van der Waals surface area (Å²) in [6, 6.07) is 0. The summed E-state index contributed by atoms with van der Waals surface area (Å²) >= 11 is 0. The zero-order valence-electron chi connectivity index (χ0n) is 16.2. The number of hydrogen-bond donors (Lipinski definition) is 1. The van der Waals surface area contributed by atoms with Crippen molar-refractivity contribution in [3.8, 4) is 0 Å². The first kappa shape index (κ1) is 22.2. The number of hydrogen-bond acceptors (Lipinski definition) is 3. The van der Waals surface area contributed by atoms with E-state index in [1.54, 1.807) is 0 Å². The molecule has 0 bridgehead atoms. The van der Waals surface area contributed by atoms with Crippen LogP contribution in [-0.4, -0.2) is 23.3 Å². The van der Waals surface area contributed by atoms with Crippen LogP contribution in [0.3, 0.4) is 0 Å². The van der Waals surface area contributed by atoms with Gasteiger partial charge in [-0.1, -0.05) is 74.6 Å². The Kier molecular flexibility index (Phi) is 12.2. The molecule has 26 heavy (non-hydrogen) atoms. The minimum Gasteiger partial charge on any atom is -0.462 e. The zero-order chi connectivity index (χ0) is 19.0. The first-order valence-corrected chi connectivity index (χ1v) is 9.79. The summed E-state index contributed by atoms with van der Waals surface area (Å²) in [7, 11) is 0. The molecule has 1 fully saturated rings. The largest absolute Gasteiger partial charge is 0.462 e. The summed E-state index contributed by atoms with van der Waals surface area (Å²) in [5.74, 6) is 0.337. The lowest BCUT2D eigenvalue weighted by Crippen LogP contribution is -2.16. The fourth-order valence-electron chi connectivity index (χ4n) is 2.69. The van der Waals surface area contributed by atoms with Gasteiger partial charge in [-0.05, 0) is 44.4 Å². The van der Waals surface area contributed by atoms with Gasteiger partial charge in [-0.2, -0.15) is 0 Å². The molecule has 3 heteroatoms. The first-order valence-electron chi connectivity index (χ1n) is 9.79. The maximum absolute atomic E-state index is 11.1. The van der Waals surface area contributed by atoms with Crippen LogP contribution in [0.25, 0.3) is 0 Å². The molecule has 1 saturated heterocycles. The van der Waals surface area contributed by atoms with E-state index >= 15 is 0 Å². The van der Waals surface area contributed by atoms with Gasteiger partial charge in [0.2, 0.25) is 0 Å². The number of carbonyl (C=O) groups excluding carboxylic acids is 1. The lowest BCUT2D eigenvalue weighted by atomic mass is 9.98. The predicted molar refractivity (Wildman–Crippen MR) is 109 cm³/mol. The van der Waals surface area contributed by atoms with Crippen molar-refractivity contribution in [2.24, 2.45) is 5.92 Å². The molecule has 1 rings (SSSR count). The van der Waals surface area contributed by atoms with Crippen molar-refractivity contribution < 1.29 is 14.6 Å². The third-order valence-corrected chi connectivity index (χ3v) is 4.30. The Bertz CT molecular complexity index is 526. The molecule has 0 aromatic carbocycles. The Hall–Kier alpha value is -1.87. The van der Waals surface area contributed by atoms with Gasteiger partial charge in [-0.25, -0.2) is 0 Å². The van der Waals surface area contributed by atoms with Crippen LogP contribution in [0, 0.1) is 5.92 Å². The van der Waals surface area contributed by atoms with Gasteiger partial charge in [-0.3, -0.25) is 4.79 Å². The maximum Gasteiger partial charge on any atom is 0.306 e. The van der Waals surface area contributed by atoms with Crippen molar-refractivity contribution >= 4 is 5.97 Å². The van der Waals surface area contributed by atoms with Gasteiger partial charge >= 0.3 is 5.97 Å². The van der Waals surface area contributed by atoms with Crippen molar-refractivity contribution in [3.05, 3.63) is 60.8 Å². The highest BCUT2D eigenvalue weighted by atomic mass is 16.5. The van der Waals surface area contributed by atoms with Crippen LogP contribution in [0.4, 0.5) is 0 Å². The molecule has 2 unspecified atom stereocenters. The van der Waals surface area contributed by atoms with E-state index < -0.39 is 6.10 Å². The van der Waals surface area contributed by atoms with Gasteiger partial charge in [0, 0.05) is 6.42 Å². The summed E-state index contributed by atoms with van der Waals surface area (Å²) in [5, 5.41) is 9.70. The fraction of sp³-hybridized carbons (Fsp3) is 0.522. The topological polar surface area (TPSA) is 46.5 Å². The van der Waals surface area contributed by atoms with Crippen LogP contribution in [0.2, 0.25) is 0 Å². The first-order chi connectivity index (χ1) is 12.6. The van der Waals surface area contributed by atoms with Gasteiger partial charge in [0.1, 0.15) is 6.10 Å². The lowest BCUT2D eigenvalue weighted by molar-refractivity contribution is -0.142. The number of cyclic esters (lactones) is 1. The molecule has 1 N–H and O–H groups in total. The molecule has 0 spiro atoms. The van der Waals surface area contributed by atoms with Gasteiger partial charge < -0.3 is 9.84 Å². The van der Waals surface area contributed by atoms with Crippen molar-refractivity contribution in [3.63, 3.8) is 0 Å².